The molecule has 0 amide bonds. The molecule has 11 heteroatoms. The van der Waals surface area contributed by atoms with Gasteiger partial charge in [-0.3, -0.25) is 0 Å². The number of hydrogen-bond donors (Lipinski definition) is 0. The Morgan fingerprint density at radius 1 is 0.800 bits per heavy atom. The van der Waals surface area contributed by atoms with Gasteiger partial charge in [0.05, 0.1) is 5.56 Å². The number of rotatable bonds is 5. The molecule has 2 aromatic rings. The molecule has 0 radical (unpaired) electrons. The first-order valence-corrected chi connectivity index (χ1v) is 12.3. The number of nitrogens with zero attached hydrogens (tertiary/aromatic N) is 6. The van der Waals surface area contributed by atoms with Gasteiger partial charge in [0.2, 0.25) is 0 Å². The maximum Gasteiger partial charge on any atom is 0.451 e. The smallest absolute Gasteiger partial charge is 0.183 e. The molecule has 0 bridgehead atoms. The van der Waals surface area contributed by atoms with E-state index in [1.807, 2.05) is 0 Å². The monoisotopic (exact) mass is 443 g/mol. The molecule has 0 unspecified atom stereocenters. The van der Waals surface area contributed by atoms with E-state index in [4.69, 9.17) is 4.62 Å². The second kappa shape index (κ2) is 7.89. The molecule has 5 rings (SSSR count). The van der Waals surface area contributed by atoms with Crippen molar-refractivity contribution in [2.45, 2.75) is 44.7 Å². The zero-order valence-electron chi connectivity index (χ0n) is 16.9. The van der Waals surface area contributed by atoms with Crippen molar-refractivity contribution in [3.8, 4) is 0 Å². The average Bonchev–Trinajstić information content (AvgIpc) is 3.54. The van der Waals surface area contributed by atoms with E-state index >= 15 is 0 Å². The Balaban J connectivity index is 1.59. The molecule has 0 saturated carbocycles. The Kier molecular flexibility index (Phi) is 5.37. The lowest BCUT2D eigenvalue weighted by Crippen LogP contribution is -2.47. The van der Waals surface area contributed by atoms with Crippen LogP contribution in [-0.4, -0.2) is 68.4 Å². The molecule has 4 heterocycles. The van der Waals surface area contributed by atoms with E-state index in [-0.39, 0.29) is 5.52 Å². The molecule has 0 aliphatic carbocycles. The van der Waals surface area contributed by atoms with Crippen LogP contribution in [0.25, 0.3) is 11.0 Å². The van der Waals surface area contributed by atoms with Crippen LogP contribution in [0.5, 0.6) is 0 Å². The summed E-state index contributed by atoms with van der Waals surface area (Å²) in [7, 11) is -2.41. The molecule has 7 nitrogen and oxygen atoms in total. The lowest BCUT2D eigenvalue weighted by Gasteiger charge is -2.39. The summed E-state index contributed by atoms with van der Waals surface area (Å²) >= 11 is 0. The molecule has 1 aromatic heterocycles. The Morgan fingerprint density at radius 2 is 1.30 bits per heavy atom. The zero-order chi connectivity index (χ0) is 20.8. The number of fused-ring (bicyclic) bond motifs is 1. The van der Waals surface area contributed by atoms with Crippen LogP contribution >= 0.6 is 7.94 Å². The Bertz CT molecular complexity index is 847. The van der Waals surface area contributed by atoms with Crippen LogP contribution in [0.15, 0.2) is 18.2 Å². The zero-order valence-corrected chi connectivity index (χ0v) is 17.8. The van der Waals surface area contributed by atoms with Gasteiger partial charge in [0, 0.05) is 39.3 Å². The number of halogens is 3. The van der Waals surface area contributed by atoms with Crippen molar-refractivity contribution < 1.29 is 17.8 Å². The van der Waals surface area contributed by atoms with E-state index in [1.54, 1.807) is 0 Å². The number of benzene rings is 1. The van der Waals surface area contributed by atoms with Crippen LogP contribution in [0.2, 0.25) is 0 Å². The lowest BCUT2D eigenvalue weighted by molar-refractivity contribution is -0.137. The van der Waals surface area contributed by atoms with Crippen molar-refractivity contribution in [2.24, 2.45) is 0 Å². The highest BCUT2D eigenvalue weighted by Gasteiger charge is 2.63. The van der Waals surface area contributed by atoms with Gasteiger partial charge < -0.3 is 0 Å². The Hall–Kier alpha value is -1.48. The highest BCUT2D eigenvalue weighted by molar-refractivity contribution is 7.64. The molecule has 3 saturated heterocycles. The van der Waals surface area contributed by atoms with E-state index in [0.29, 0.717) is 5.52 Å². The summed E-state index contributed by atoms with van der Waals surface area (Å²) in [5.41, 5.74) is -0.0354. The van der Waals surface area contributed by atoms with Gasteiger partial charge >= 0.3 is 14.1 Å². The van der Waals surface area contributed by atoms with Gasteiger partial charge in [-0.25, -0.2) is 0 Å². The number of aromatic nitrogens is 3. The third-order valence-electron chi connectivity index (χ3n) is 6.28. The fraction of sp³-hybridized carbons (Fsp3) is 0.684. The van der Waals surface area contributed by atoms with Crippen LogP contribution in [0, 0.1) is 0 Å². The fourth-order valence-corrected chi connectivity index (χ4v) is 8.94. The van der Waals surface area contributed by atoms with E-state index in [2.05, 4.69) is 24.3 Å². The van der Waals surface area contributed by atoms with Gasteiger partial charge in [0.1, 0.15) is 11.0 Å². The predicted octanol–water partition coefficient (Wildman–Crippen LogP) is 3.84. The quantitative estimate of drug-likeness (QED) is 0.655. The van der Waals surface area contributed by atoms with Crippen LogP contribution in [0.3, 0.4) is 0 Å². The lowest BCUT2D eigenvalue weighted by atomic mass is 10.2. The molecule has 0 N–H and O–H groups in total. The first-order valence-electron chi connectivity index (χ1n) is 10.8. The fourth-order valence-electron chi connectivity index (χ4n) is 4.81. The molecule has 0 atom stereocenters. The topological polar surface area (TPSA) is 49.7 Å². The molecule has 30 heavy (non-hydrogen) atoms. The third-order valence-corrected chi connectivity index (χ3v) is 10.1. The number of alkyl halides is 3. The molecule has 3 aliphatic heterocycles. The minimum Gasteiger partial charge on any atom is -0.183 e. The van der Waals surface area contributed by atoms with Crippen LogP contribution in [0.4, 0.5) is 13.2 Å². The van der Waals surface area contributed by atoms with Crippen molar-refractivity contribution in [1.82, 2.24) is 29.2 Å². The summed E-state index contributed by atoms with van der Waals surface area (Å²) < 4.78 is 54.0. The normalized spacial score (nSPS) is 22.5. The number of hydrogen-bond acceptors (Lipinski definition) is 6. The second-order valence-electron chi connectivity index (χ2n) is 8.24. The van der Waals surface area contributed by atoms with Gasteiger partial charge in [-0.05, 0) is 66.8 Å². The van der Waals surface area contributed by atoms with Crippen LogP contribution in [-0.2, 0) is 6.18 Å². The minimum atomic E-state index is -4.42. The van der Waals surface area contributed by atoms with Crippen LogP contribution < -0.4 is 4.62 Å². The van der Waals surface area contributed by atoms with Crippen molar-refractivity contribution in [3.63, 3.8) is 0 Å². The molecule has 164 valence electrons. The van der Waals surface area contributed by atoms with Gasteiger partial charge in [0.15, 0.2) is 0 Å². The summed E-state index contributed by atoms with van der Waals surface area (Å²) in [5, 5.41) is 8.23. The highest BCUT2D eigenvalue weighted by atomic mass is 31.2. The van der Waals surface area contributed by atoms with Gasteiger partial charge in [0.25, 0.3) is 0 Å². The van der Waals surface area contributed by atoms with Gasteiger partial charge in [-0.2, -0.15) is 17.8 Å². The summed E-state index contributed by atoms with van der Waals surface area (Å²) in [6.45, 7) is 5.67. The second-order valence-corrected chi connectivity index (χ2v) is 11.1. The molecule has 3 fully saturated rings. The van der Waals surface area contributed by atoms with E-state index < -0.39 is 19.7 Å². The van der Waals surface area contributed by atoms with Crippen LogP contribution in [0.1, 0.15) is 44.1 Å². The predicted molar refractivity (Wildman–Crippen MR) is 108 cm³/mol. The van der Waals surface area contributed by atoms with Gasteiger partial charge in [-0.15, -0.1) is 19.1 Å². The van der Waals surface area contributed by atoms with Crippen molar-refractivity contribution >= 4 is 19.0 Å². The largest absolute Gasteiger partial charge is 0.451 e. The van der Waals surface area contributed by atoms with Gasteiger partial charge in [-0.1, -0.05) is 0 Å². The molecule has 1 aromatic carbocycles. The van der Waals surface area contributed by atoms with E-state index in [9.17, 15) is 13.2 Å². The highest BCUT2D eigenvalue weighted by Crippen LogP contribution is 2.68. The van der Waals surface area contributed by atoms with Crippen molar-refractivity contribution in [1.29, 1.82) is 0 Å². The van der Waals surface area contributed by atoms with Crippen molar-refractivity contribution in [3.05, 3.63) is 23.8 Å². The summed E-state index contributed by atoms with van der Waals surface area (Å²) in [6, 6.07) is 3.51. The maximum atomic E-state index is 13.3. The summed E-state index contributed by atoms with van der Waals surface area (Å²) in [5.74, 6) is 0. The molecule has 0 spiro atoms. The maximum absolute atomic E-state index is 13.3. The SMILES string of the molecule is FC(F)(F)c1ccc2nnn(O[P+](N3CCCC3)(N3CCCC3)N3CCCC3)c2c1. The first-order chi connectivity index (χ1) is 14.5. The van der Waals surface area contributed by atoms with E-state index in [0.717, 1.165) is 89.9 Å². The van der Waals surface area contributed by atoms with Crippen molar-refractivity contribution in [2.75, 3.05) is 39.3 Å². The summed E-state index contributed by atoms with van der Waals surface area (Å²) in [6.07, 6.45) is 2.26. The molecular weight excluding hydrogens is 416 g/mol. The Morgan fingerprint density at radius 3 is 1.77 bits per heavy atom. The first kappa shape index (κ1) is 20.4. The standard InChI is InChI=1S/C19H27F3N6OP/c20-19(21,22)16-7-8-17-18(15-16)28(24-23-17)29-30(25-9-1-2-10-25,26-11-3-4-12-26)27-13-5-6-14-27/h7-8,15H,1-6,9-14H2/q+1. The third kappa shape index (κ3) is 3.47. The molecule has 3 aliphatic rings. The van der Waals surface area contributed by atoms with E-state index in [1.165, 1.54) is 10.9 Å². The average molecular weight is 443 g/mol. The summed E-state index contributed by atoms with van der Waals surface area (Å²) in [4.78, 5) is 1.27. The minimum absolute atomic E-state index is 0.270. The molecular formula is C19H27F3N6OP+. The Labute approximate surface area is 174 Å².